The van der Waals surface area contributed by atoms with Crippen LogP contribution in [0, 0.1) is 0 Å². The van der Waals surface area contributed by atoms with Crippen LogP contribution in [0.3, 0.4) is 0 Å². The number of aromatic hydroxyl groups is 2. The van der Waals surface area contributed by atoms with E-state index in [1.165, 1.54) is 0 Å². The van der Waals surface area contributed by atoms with Crippen molar-refractivity contribution in [1.29, 1.82) is 0 Å². The minimum Gasteiger partial charge on any atom is -0.507 e. The standard InChI is InChI=1S/2C22H29NO2.Cu/c2*1-21(2,3)17-12-16(13-18(20(17)25-7)22(4,5)6)23-14-15-10-8-9-11-19(15)24;/h2*8-14,24H,1-7H3;. The predicted octanol–water partition coefficient (Wildman–Crippen LogP) is 11.5. The van der Waals surface area contributed by atoms with Crippen LogP contribution in [0.15, 0.2) is 82.8 Å². The van der Waals surface area contributed by atoms with Gasteiger partial charge in [-0.3, -0.25) is 9.98 Å². The number of hydrogen-bond acceptors (Lipinski definition) is 6. The second-order valence-corrected chi connectivity index (χ2v) is 16.8. The van der Waals surface area contributed by atoms with Gasteiger partial charge in [0, 0.05) is 62.9 Å². The first-order valence-electron chi connectivity index (χ1n) is 17.2. The van der Waals surface area contributed by atoms with Crippen molar-refractivity contribution in [1.82, 2.24) is 0 Å². The summed E-state index contributed by atoms with van der Waals surface area (Å²) in [7, 11) is 3.45. The van der Waals surface area contributed by atoms with Crippen LogP contribution in [0.1, 0.15) is 116 Å². The van der Waals surface area contributed by atoms with Crippen LogP contribution < -0.4 is 9.47 Å². The van der Waals surface area contributed by atoms with Gasteiger partial charge in [0.05, 0.1) is 25.6 Å². The number of ether oxygens (including phenoxy) is 2. The van der Waals surface area contributed by atoms with Crippen molar-refractivity contribution in [2.75, 3.05) is 14.2 Å². The van der Waals surface area contributed by atoms with Gasteiger partial charge in [0.1, 0.15) is 23.0 Å². The SMILES string of the molecule is COc1c(C(C)(C)C)cc(N=Cc2ccccc2O)cc1C(C)(C)C.COc1c(C(C)(C)C)cc(N=Cc2ccccc2O)cc1C(C)(C)C.[Cu]. The van der Waals surface area contributed by atoms with E-state index >= 15 is 0 Å². The van der Waals surface area contributed by atoms with Crippen LogP contribution >= 0.6 is 0 Å². The molecule has 0 aliphatic rings. The summed E-state index contributed by atoms with van der Waals surface area (Å²) in [6, 6.07) is 22.7. The Morgan fingerprint density at radius 1 is 0.471 bits per heavy atom. The monoisotopic (exact) mass is 741 g/mol. The molecular formula is C44H58CuN2O4. The molecule has 0 aliphatic carbocycles. The van der Waals surface area contributed by atoms with Gasteiger partial charge < -0.3 is 19.7 Å². The Hall–Kier alpha value is -4.06. The molecule has 0 heterocycles. The molecular weight excluding hydrogens is 684 g/mol. The molecule has 4 aromatic rings. The first kappa shape index (κ1) is 43.1. The molecule has 0 aromatic heterocycles. The molecule has 2 N–H and O–H groups in total. The van der Waals surface area contributed by atoms with Crippen molar-refractivity contribution in [3.63, 3.8) is 0 Å². The molecule has 0 atom stereocenters. The second kappa shape index (κ2) is 17.0. The van der Waals surface area contributed by atoms with E-state index in [1.54, 1.807) is 50.9 Å². The Morgan fingerprint density at radius 3 is 0.941 bits per heavy atom. The van der Waals surface area contributed by atoms with Gasteiger partial charge in [-0.05, 0) is 70.2 Å². The van der Waals surface area contributed by atoms with Crippen molar-refractivity contribution in [3.8, 4) is 23.0 Å². The zero-order valence-corrected chi connectivity index (χ0v) is 33.9. The Bertz CT molecular complexity index is 1630. The fourth-order valence-electron chi connectivity index (χ4n) is 5.53. The summed E-state index contributed by atoms with van der Waals surface area (Å²) < 4.78 is 11.5. The van der Waals surface area contributed by atoms with Gasteiger partial charge in [-0.1, -0.05) is 107 Å². The summed E-state index contributed by atoms with van der Waals surface area (Å²) in [5.74, 6) is 2.32. The normalized spacial score (nSPS) is 12.4. The maximum absolute atomic E-state index is 9.93. The molecule has 0 bridgehead atoms. The molecule has 51 heavy (non-hydrogen) atoms. The quantitative estimate of drug-likeness (QED) is 0.152. The Labute approximate surface area is 317 Å². The second-order valence-electron chi connectivity index (χ2n) is 16.8. The third kappa shape index (κ3) is 11.5. The average Bonchev–Trinajstić information content (AvgIpc) is 3.01. The molecule has 4 aromatic carbocycles. The molecule has 6 nitrogen and oxygen atoms in total. The number of aliphatic imine (C=N–C) groups is 2. The number of benzene rings is 4. The molecule has 0 saturated carbocycles. The zero-order valence-electron chi connectivity index (χ0n) is 33.0. The van der Waals surface area contributed by atoms with Gasteiger partial charge in [0.2, 0.25) is 0 Å². The molecule has 7 heteroatoms. The number of para-hydroxylation sites is 2. The molecule has 0 fully saturated rings. The first-order chi connectivity index (χ1) is 23.1. The van der Waals surface area contributed by atoms with E-state index in [2.05, 4.69) is 117 Å². The zero-order chi connectivity index (χ0) is 37.7. The molecule has 0 aliphatic heterocycles. The van der Waals surface area contributed by atoms with E-state index in [1.807, 2.05) is 24.3 Å². The minimum absolute atomic E-state index is 0. The number of nitrogens with zero attached hydrogens (tertiary/aromatic N) is 2. The van der Waals surface area contributed by atoms with E-state index in [0.717, 1.165) is 45.1 Å². The molecule has 4 rings (SSSR count). The molecule has 0 saturated heterocycles. The molecule has 1 radical (unpaired) electrons. The number of methoxy groups -OCH3 is 2. The van der Waals surface area contributed by atoms with Gasteiger partial charge in [0.15, 0.2) is 0 Å². The fourth-order valence-corrected chi connectivity index (χ4v) is 5.53. The maximum atomic E-state index is 9.93. The van der Waals surface area contributed by atoms with Crippen LogP contribution in [0.5, 0.6) is 23.0 Å². The van der Waals surface area contributed by atoms with E-state index in [4.69, 9.17) is 9.47 Å². The van der Waals surface area contributed by atoms with Gasteiger partial charge >= 0.3 is 0 Å². The summed E-state index contributed by atoms with van der Waals surface area (Å²) in [6.45, 7) is 26.1. The number of phenolic OH excluding ortho intramolecular Hbond substituents is 2. The van der Waals surface area contributed by atoms with Crippen LogP contribution in [0.25, 0.3) is 0 Å². The smallest absolute Gasteiger partial charge is 0.126 e. The van der Waals surface area contributed by atoms with E-state index in [0.29, 0.717) is 11.1 Å². The third-order valence-corrected chi connectivity index (χ3v) is 8.37. The molecule has 0 amide bonds. The van der Waals surface area contributed by atoms with Crippen LogP contribution in [-0.4, -0.2) is 36.9 Å². The first-order valence-corrected chi connectivity index (χ1v) is 17.2. The number of rotatable bonds is 6. The van der Waals surface area contributed by atoms with Gasteiger partial charge in [-0.15, -0.1) is 0 Å². The Balaban J connectivity index is 0.000000347. The van der Waals surface area contributed by atoms with Gasteiger partial charge in [-0.25, -0.2) is 0 Å². The topological polar surface area (TPSA) is 83.6 Å². The fraction of sp³-hybridized carbons (Fsp3) is 0.409. The van der Waals surface area contributed by atoms with E-state index < -0.39 is 0 Å². The number of hydrogen-bond donors (Lipinski definition) is 2. The van der Waals surface area contributed by atoms with Crippen molar-refractivity contribution >= 4 is 23.8 Å². The molecule has 279 valence electrons. The van der Waals surface area contributed by atoms with Crippen molar-refractivity contribution in [2.45, 2.75) is 105 Å². The molecule has 0 spiro atoms. The van der Waals surface area contributed by atoms with Crippen molar-refractivity contribution in [2.24, 2.45) is 9.98 Å². The average molecular weight is 743 g/mol. The Kier molecular flexibility index (Phi) is 14.3. The van der Waals surface area contributed by atoms with E-state index in [9.17, 15) is 10.2 Å². The summed E-state index contributed by atoms with van der Waals surface area (Å²) in [5, 5.41) is 19.9. The summed E-state index contributed by atoms with van der Waals surface area (Å²) in [5.41, 5.74) is 7.39. The summed E-state index contributed by atoms with van der Waals surface area (Å²) >= 11 is 0. The van der Waals surface area contributed by atoms with Crippen LogP contribution in [-0.2, 0) is 38.7 Å². The Morgan fingerprint density at radius 2 is 0.725 bits per heavy atom. The van der Waals surface area contributed by atoms with Crippen LogP contribution in [0.2, 0.25) is 0 Å². The van der Waals surface area contributed by atoms with E-state index in [-0.39, 0.29) is 50.2 Å². The minimum atomic E-state index is -0.0637. The van der Waals surface area contributed by atoms with Gasteiger partial charge in [0.25, 0.3) is 0 Å². The predicted molar refractivity (Wildman–Crippen MR) is 212 cm³/mol. The summed E-state index contributed by atoms with van der Waals surface area (Å²) in [4.78, 5) is 9.24. The largest absolute Gasteiger partial charge is 0.507 e. The summed E-state index contributed by atoms with van der Waals surface area (Å²) in [6.07, 6.45) is 3.41. The number of phenols is 2. The van der Waals surface area contributed by atoms with Gasteiger partial charge in [-0.2, -0.15) is 0 Å². The third-order valence-electron chi connectivity index (χ3n) is 8.37. The molecule has 0 unspecified atom stereocenters. The van der Waals surface area contributed by atoms with Crippen molar-refractivity contribution in [3.05, 3.63) is 106 Å². The van der Waals surface area contributed by atoms with Crippen molar-refractivity contribution < 1.29 is 36.8 Å². The van der Waals surface area contributed by atoms with Crippen LogP contribution in [0.4, 0.5) is 11.4 Å². The maximum Gasteiger partial charge on any atom is 0.126 e.